The zero-order valence-electron chi connectivity index (χ0n) is 10.5. The zero-order chi connectivity index (χ0) is 15.8. The summed E-state index contributed by atoms with van der Waals surface area (Å²) in [5.41, 5.74) is 2.48. The lowest BCUT2D eigenvalue weighted by Crippen LogP contribution is -2.48. The molecule has 9 heteroatoms. The summed E-state index contributed by atoms with van der Waals surface area (Å²) in [6.07, 6.45) is -8.20. The average molecular weight is 310 g/mol. The number of phenols is 1. The Morgan fingerprint density at radius 1 is 1.43 bits per heavy atom. The van der Waals surface area contributed by atoms with Gasteiger partial charge in [0.05, 0.1) is 0 Å². The number of halogens is 5. The van der Waals surface area contributed by atoms with E-state index in [-0.39, 0.29) is 0 Å². The first kappa shape index (κ1) is 15.3. The fourth-order valence-electron chi connectivity index (χ4n) is 2.16. The predicted molar refractivity (Wildman–Crippen MR) is 62.9 cm³/mol. The molecule has 0 saturated heterocycles. The number of aromatic hydroxyl groups is 1. The summed E-state index contributed by atoms with van der Waals surface area (Å²) >= 11 is 0. The van der Waals surface area contributed by atoms with Crippen molar-refractivity contribution in [3.63, 3.8) is 0 Å². The molecule has 21 heavy (non-hydrogen) atoms. The topological polar surface area (TPSA) is 67.8 Å². The number of hydrogen-bond donors (Lipinski definition) is 2. The van der Waals surface area contributed by atoms with Crippen LogP contribution in [0.4, 0.5) is 22.0 Å². The number of nitrogens with zero attached hydrogens (tertiary/aromatic N) is 1. The largest absolute Gasteiger partial charge is 0.508 e. The summed E-state index contributed by atoms with van der Waals surface area (Å²) in [6, 6.07) is 1.73. The minimum absolute atomic E-state index is 0.428. The van der Waals surface area contributed by atoms with Gasteiger partial charge in [-0.05, 0) is 18.2 Å². The molecule has 0 aromatic heterocycles. The van der Waals surface area contributed by atoms with Gasteiger partial charge in [0.2, 0.25) is 0 Å². The minimum Gasteiger partial charge on any atom is -0.508 e. The van der Waals surface area contributed by atoms with Crippen molar-refractivity contribution in [3.05, 3.63) is 29.6 Å². The van der Waals surface area contributed by atoms with E-state index in [1.54, 1.807) is 0 Å². The molecule has 4 nitrogen and oxygen atoms in total. The number of hydrogen-bond acceptors (Lipinski definition) is 4. The molecule has 1 heterocycles. The lowest BCUT2D eigenvalue weighted by molar-refractivity contribution is -0.209. The Bertz CT molecular complexity index is 575. The van der Waals surface area contributed by atoms with Crippen molar-refractivity contribution in [1.29, 1.82) is 0 Å². The molecule has 2 atom stereocenters. The van der Waals surface area contributed by atoms with Crippen LogP contribution in [0.25, 0.3) is 0 Å². The van der Waals surface area contributed by atoms with E-state index in [1.807, 2.05) is 0 Å². The van der Waals surface area contributed by atoms with Crippen molar-refractivity contribution in [2.75, 3.05) is 6.67 Å². The van der Waals surface area contributed by atoms with Crippen LogP contribution < -0.4 is 5.73 Å². The summed E-state index contributed by atoms with van der Waals surface area (Å²) in [4.78, 5) is 3.51. The van der Waals surface area contributed by atoms with Gasteiger partial charge in [0.15, 0.2) is 6.10 Å². The Morgan fingerprint density at radius 3 is 2.67 bits per heavy atom. The predicted octanol–water partition coefficient (Wildman–Crippen LogP) is 2.36. The maximum Gasteiger partial charge on any atom is 0.425 e. The van der Waals surface area contributed by atoms with Crippen LogP contribution in [-0.2, 0) is 10.3 Å². The Kier molecular flexibility index (Phi) is 3.68. The second kappa shape index (κ2) is 5.05. The van der Waals surface area contributed by atoms with Gasteiger partial charge >= 0.3 is 6.18 Å². The van der Waals surface area contributed by atoms with E-state index in [1.165, 1.54) is 0 Å². The van der Waals surface area contributed by atoms with E-state index in [9.17, 15) is 27.1 Å². The SMILES string of the molecule is NC1=NC(CF)(c2cc(O)ccc2F)CC(C(F)(F)F)O1. The standard InChI is InChI=1S/C12H11F5N2O2/c13-5-11(7-3-6(20)1-2-8(7)14)4-9(12(15,16)17)21-10(18)19-11/h1-3,9,20H,4-5H2,(H2,18,19). The van der Waals surface area contributed by atoms with E-state index in [0.29, 0.717) is 0 Å². The third-order valence-electron chi connectivity index (χ3n) is 3.15. The normalized spacial score (nSPS) is 26.1. The fourth-order valence-corrected chi connectivity index (χ4v) is 2.16. The van der Waals surface area contributed by atoms with Gasteiger partial charge in [0.1, 0.15) is 23.8 Å². The highest BCUT2D eigenvalue weighted by atomic mass is 19.4. The smallest absolute Gasteiger partial charge is 0.425 e. The lowest BCUT2D eigenvalue weighted by atomic mass is 9.84. The van der Waals surface area contributed by atoms with Crippen LogP contribution >= 0.6 is 0 Å². The average Bonchev–Trinajstić information content (AvgIpc) is 2.39. The number of benzene rings is 1. The van der Waals surface area contributed by atoms with Gasteiger partial charge < -0.3 is 15.6 Å². The van der Waals surface area contributed by atoms with Gasteiger partial charge in [-0.15, -0.1) is 0 Å². The first-order chi connectivity index (χ1) is 9.68. The molecular weight excluding hydrogens is 299 g/mol. The second-order valence-corrected chi connectivity index (χ2v) is 4.63. The third kappa shape index (κ3) is 2.86. The van der Waals surface area contributed by atoms with E-state index in [0.717, 1.165) is 18.2 Å². The summed E-state index contributed by atoms with van der Waals surface area (Å²) in [7, 11) is 0. The molecule has 0 amide bonds. The van der Waals surface area contributed by atoms with Crippen molar-refractivity contribution >= 4 is 6.02 Å². The minimum atomic E-state index is -4.81. The molecule has 116 valence electrons. The molecule has 0 fully saturated rings. The molecule has 0 bridgehead atoms. The van der Waals surface area contributed by atoms with Crippen molar-refractivity contribution < 1.29 is 31.8 Å². The number of phenolic OH excluding ortho intramolecular Hbond substituents is 1. The number of nitrogens with two attached hydrogens (primary N) is 1. The Morgan fingerprint density at radius 2 is 2.10 bits per heavy atom. The summed E-state index contributed by atoms with van der Waals surface area (Å²) in [6.45, 7) is -1.43. The summed E-state index contributed by atoms with van der Waals surface area (Å²) in [5.74, 6) is -1.42. The molecule has 0 radical (unpaired) electrons. The van der Waals surface area contributed by atoms with Gasteiger partial charge in [-0.3, -0.25) is 0 Å². The number of alkyl halides is 4. The van der Waals surface area contributed by atoms with Crippen molar-refractivity contribution in [2.45, 2.75) is 24.2 Å². The number of aliphatic imine (C=N–C) groups is 1. The quantitative estimate of drug-likeness (QED) is 0.824. The molecule has 1 aliphatic heterocycles. The molecule has 2 rings (SSSR count). The van der Waals surface area contributed by atoms with Gasteiger partial charge in [-0.1, -0.05) is 0 Å². The highest BCUT2D eigenvalue weighted by Crippen LogP contribution is 2.42. The fraction of sp³-hybridized carbons (Fsp3) is 0.417. The Balaban J connectivity index is 2.54. The van der Waals surface area contributed by atoms with Gasteiger partial charge in [0, 0.05) is 12.0 Å². The van der Waals surface area contributed by atoms with Crippen LogP contribution in [0.3, 0.4) is 0 Å². The van der Waals surface area contributed by atoms with Crippen LogP contribution in [0.2, 0.25) is 0 Å². The van der Waals surface area contributed by atoms with Crippen molar-refractivity contribution in [2.24, 2.45) is 10.7 Å². The number of amidine groups is 1. The van der Waals surface area contributed by atoms with Crippen LogP contribution in [0.1, 0.15) is 12.0 Å². The third-order valence-corrected chi connectivity index (χ3v) is 3.15. The summed E-state index contributed by atoms with van der Waals surface area (Å²) < 4.78 is 70.0. The first-order valence-electron chi connectivity index (χ1n) is 5.81. The maximum atomic E-state index is 13.8. The van der Waals surface area contributed by atoms with E-state index >= 15 is 0 Å². The van der Waals surface area contributed by atoms with Crippen LogP contribution in [-0.4, -0.2) is 30.1 Å². The summed E-state index contributed by atoms with van der Waals surface area (Å²) in [5, 5.41) is 9.35. The van der Waals surface area contributed by atoms with Gasteiger partial charge in [-0.25, -0.2) is 13.8 Å². The van der Waals surface area contributed by atoms with E-state index < -0.39 is 54.1 Å². The highest BCUT2D eigenvalue weighted by molar-refractivity contribution is 5.73. The zero-order valence-corrected chi connectivity index (χ0v) is 10.5. The Labute approximate surface area is 116 Å². The Hall–Kier alpha value is -2.06. The maximum absolute atomic E-state index is 13.8. The molecule has 1 aromatic rings. The van der Waals surface area contributed by atoms with Crippen LogP contribution in [0.5, 0.6) is 5.75 Å². The highest BCUT2D eigenvalue weighted by Gasteiger charge is 2.52. The van der Waals surface area contributed by atoms with E-state index in [2.05, 4.69) is 9.73 Å². The number of ether oxygens (including phenoxy) is 1. The van der Waals surface area contributed by atoms with Crippen LogP contribution in [0.15, 0.2) is 23.2 Å². The molecule has 0 aliphatic carbocycles. The van der Waals surface area contributed by atoms with Crippen molar-refractivity contribution in [3.8, 4) is 5.75 Å². The lowest BCUT2D eigenvalue weighted by Gasteiger charge is -2.36. The molecular formula is C12H11F5N2O2. The first-order valence-corrected chi connectivity index (χ1v) is 5.81. The second-order valence-electron chi connectivity index (χ2n) is 4.63. The monoisotopic (exact) mass is 310 g/mol. The van der Waals surface area contributed by atoms with Gasteiger partial charge in [-0.2, -0.15) is 13.2 Å². The molecule has 1 aromatic carbocycles. The van der Waals surface area contributed by atoms with Crippen LogP contribution in [0, 0.1) is 5.82 Å². The molecule has 0 saturated carbocycles. The number of rotatable bonds is 2. The molecule has 0 spiro atoms. The molecule has 3 N–H and O–H groups in total. The van der Waals surface area contributed by atoms with Crippen molar-refractivity contribution in [1.82, 2.24) is 0 Å². The van der Waals surface area contributed by atoms with E-state index in [4.69, 9.17) is 5.73 Å². The molecule has 1 aliphatic rings. The molecule has 2 unspecified atom stereocenters. The van der Waals surface area contributed by atoms with Gasteiger partial charge in [0.25, 0.3) is 6.02 Å².